The van der Waals surface area contributed by atoms with E-state index in [1.165, 1.54) is 19.3 Å². The first-order chi connectivity index (χ1) is 9.05. The number of piperazine rings is 1. The van der Waals surface area contributed by atoms with Gasteiger partial charge in [0.15, 0.2) is 0 Å². The Bertz CT molecular complexity index is 303. The van der Waals surface area contributed by atoms with E-state index in [9.17, 15) is 4.79 Å². The maximum Gasteiger partial charge on any atom is 0.242 e. The molecule has 0 bridgehead atoms. The molecule has 1 N–H and O–H groups in total. The number of nitrogens with one attached hydrogen (secondary N) is 1. The molecular formula is C15H29N3O. The molecule has 110 valence electrons. The Kier molecular flexibility index (Phi) is 4.85. The first kappa shape index (κ1) is 14.8. The van der Waals surface area contributed by atoms with Gasteiger partial charge in [-0.15, -0.1) is 0 Å². The SMILES string of the molecule is CCC1CCN(C(=O)C(C)(C)N2CCNCC2)CC1. The van der Waals surface area contributed by atoms with Crippen LogP contribution in [0.3, 0.4) is 0 Å². The number of nitrogens with zero attached hydrogens (tertiary/aromatic N) is 2. The first-order valence-corrected chi connectivity index (χ1v) is 7.81. The lowest BCUT2D eigenvalue weighted by molar-refractivity contribution is -0.144. The Labute approximate surface area is 117 Å². The summed E-state index contributed by atoms with van der Waals surface area (Å²) in [5.41, 5.74) is -0.346. The average Bonchev–Trinajstić information content (AvgIpc) is 2.47. The van der Waals surface area contributed by atoms with E-state index in [1.807, 2.05) is 0 Å². The third kappa shape index (κ3) is 3.29. The molecule has 2 heterocycles. The van der Waals surface area contributed by atoms with E-state index in [-0.39, 0.29) is 5.54 Å². The third-order valence-electron chi connectivity index (χ3n) is 4.91. The smallest absolute Gasteiger partial charge is 0.242 e. The number of amides is 1. The number of carbonyl (C=O) groups is 1. The molecule has 2 aliphatic rings. The second-order valence-corrected chi connectivity index (χ2v) is 6.44. The van der Waals surface area contributed by atoms with Crippen molar-refractivity contribution < 1.29 is 4.79 Å². The lowest BCUT2D eigenvalue weighted by Crippen LogP contribution is -2.61. The highest BCUT2D eigenvalue weighted by Crippen LogP contribution is 2.24. The van der Waals surface area contributed by atoms with Crippen LogP contribution in [0.25, 0.3) is 0 Å². The zero-order chi connectivity index (χ0) is 13.9. The van der Waals surface area contributed by atoms with Crippen LogP contribution < -0.4 is 5.32 Å². The maximum atomic E-state index is 12.8. The van der Waals surface area contributed by atoms with E-state index in [0.717, 1.165) is 45.2 Å². The molecule has 0 unspecified atom stereocenters. The normalized spacial score (nSPS) is 23.6. The molecule has 2 fully saturated rings. The summed E-state index contributed by atoms with van der Waals surface area (Å²) in [5, 5.41) is 3.35. The molecule has 4 nitrogen and oxygen atoms in total. The molecule has 2 saturated heterocycles. The average molecular weight is 267 g/mol. The second-order valence-electron chi connectivity index (χ2n) is 6.44. The fourth-order valence-corrected chi connectivity index (χ4v) is 3.29. The lowest BCUT2D eigenvalue weighted by atomic mass is 9.92. The molecule has 0 saturated carbocycles. The number of likely N-dealkylation sites (tertiary alicyclic amines) is 1. The van der Waals surface area contributed by atoms with Gasteiger partial charge in [0.25, 0.3) is 0 Å². The summed E-state index contributed by atoms with van der Waals surface area (Å²) in [7, 11) is 0. The molecular weight excluding hydrogens is 238 g/mol. The molecule has 2 aliphatic heterocycles. The van der Waals surface area contributed by atoms with Crippen LogP contribution in [-0.4, -0.2) is 60.5 Å². The van der Waals surface area contributed by atoms with Gasteiger partial charge in [-0.2, -0.15) is 0 Å². The molecule has 0 aromatic heterocycles. The van der Waals surface area contributed by atoms with Gasteiger partial charge in [-0.05, 0) is 32.6 Å². The highest BCUT2D eigenvalue weighted by molar-refractivity contribution is 5.85. The quantitative estimate of drug-likeness (QED) is 0.838. The van der Waals surface area contributed by atoms with E-state index in [2.05, 4.69) is 35.9 Å². The molecule has 1 amide bonds. The summed E-state index contributed by atoms with van der Waals surface area (Å²) in [6.45, 7) is 12.3. The van der Waals surface area contributed by atoms with E-state index in [4.69, 9.17) is 0 Å². The monoisotopic (exact) mass is 267 g/mol. The van der Waals surface area contributed by atoms with E-state index in [1.54, 1.807) is 0 Å². The summed E-state index contributed by atoms with van der Waals surface area (Å²) in [4.78, 5) is 17.2. The fraction of sp³-hybridized carbons (Fsp3) is 0.933. The third-order valence-corrected chi connectivity index (χ3v) is 4.91. The van der Waals surface area contributed by atoms with Crippen LogP contribution in [0.4, 0.5) is 0 Å². The van der Waals surface area contributed by atoms with E-state index >= 15 is 0 Å². The van der Waals surface area contributed by atoms with Crippen LogP contribution in [0.1, 0.15) is 40.0 Å². The van der Waals surface area contributed by atoms with Crippen molar-refractivity contribution >= 4 is 5.91 Å². The summed E-state index contributed by atoms with van der Waals surface area (Å²) in [6.07, 6.45) is 3.61. The predicted molar refractivity (Wildman–Crippen MR) is 78.1 cm³/mol. The summed E-state index contributed by atoms with van der Waals surface area (Å²) < 4.78 is 0. The second kappa shape index (κ2) is 6.23. The summed E-state index contributed by atoms with van der Waals surface area (Å²) in [6, 6.07) is 0. The fourth-order valence-electron chi connectivity index (χ4n) is 3.29. The Morgan fingerprint density at radius 2 is 1.74 bits per heavy atom. The van der Waals surface area contributed by atoms with Gasteiger partial charge in [-0.3, -0.25) is 9.69 Å². The van der Waals surface area contributed by atoms with Crippen molar-refractivity contribution in [3.05, 3.63) is 0 Å². The molecule has 4 heteroatoms. The zero-order valence-corrected chi connectivity index (χ0v) is 12.7. The molecule has 0 spiro atoms. The van der Waals surface area contributed by atoms with Gasteiger partial charge in [-0.1, -0.05) is 13.3 Å². The molecule has 2 rings (SSSR count). The Hall–Kier alpha value is -0.610. The Balaban J connectivity index is 1.94. The maximum absolute atomic E-state index is 12.8. The van der Waals surface area contributed by atoms with Crippen molar-refractivity contribution in [1.82, 2.24) is 15.1 Å². The number of rotatable bonds is 3. The standard InChI is InChI=1S/C15H29N3O/c1-4-13-5-9-17(10-6-13)14(19)15(2,3)18-11-7-16-8-12-18/h13,16H,4-12H2,1-3H3. The minimum Gasteiger partial charge on any atom is -0.341 e. The molecule has 0 aromatic rings. The first-order valence-electron chi connectivity index (χ1n) is 7.81. The Morgan fingerprint density at radius 1 is 1.16 bits per heavy atom. The van der Waals surface area contributed by atoms with Crippen molar-refractivity contribution in [2.24, 2.45) is 5.92 Å². The number of hydrogen-bond donors (Lipinski definition) is 1. The minimum absolute atomic E-state index is 0.323. The number of piperidine rings is 1. The number of carbonyl (C=O) groups excluding carboxylic acids is 1. The summed E-state index contributed by atoms with van der Waals surface area (Å²) in [5.74, 6) is 1.15. The van der Waals surface area contributed by atoms with Crippen molar-refractivity contribution in [1.29, 1.82) is 0 Å². The molecule has 0 atom stereocenters. The minimum atomic E-state index is -0.346. The van der Waals surface area contributed by atoms with Crippen LogP contribution in [0, 0.1) is 5.92 Å². The lowest BCUT2D eigenvalue weighted by Gasteiger charge is -2.44. The van der Waals surface area contributed by atoms with Gasteiger partial charge < -0.3 is 10.2 Å². The molecule has 0 aromatic carbocycles. The van der Waals surface area contributed by atoms with Crippen LogP contribution in [0.2, 0.25) is 0 Å². The van der Waals surface area contributed by atoms with Gasteiger partial charge in [0.2, 0.25) is 5.91 Å². The highest BCUT2D eigenvalue weighted by atomic mass is 16.2. The van der Waals surface area contributed by atoms with Crippen molar-refractivity contribution in [3.8, 4) is 0 Å². The van der Waals surface area contributed by atoms with Crippen LogP contribution >= 0.6 is 0 Å². The van der Waals surface area contributed by atoms with Crippen molar-refractivity contribution in [2.75, 3.05) is 39.3 Å². The molecule has 0 aliphatic carbocycles. The molecule has 19 heavy (non-hydrogen) atoms. The van der Waals surface area contributed by atoms with Gasteiger partial charge in [-0.25, -0.2) is 0 Å². The van der Waals surface area contributed by atoms with Gasteiger partial charge in [0.1, 0.15) is 0 Å². The highest BCUT2D eigenvalue weighted by Gasteiger charge is 2.38. The zero-order valence-electron chi connectivity index (χ0n) is 12.7. The predicted octanol–water partition coefficient (Wildman–Crippen LogP) is 1.32. The van der Waals surface area contributed by atoms with Crippen molar-refractivity contribution in [2.45, 2.75) is 45.6 Å². The number of hydrogen-bond acceptors (Lipinski definition) is 3. The van der Waals surface area contributed by atoms with E-state index < -0.39 is 0 Å². The summed E-state index contributed by atoms with van der Waals surface area (Å²) >= 11 is 0. The van der Waals surface area contributed by atoms with Crippen LogP contribution in [0.15, 0.2) is 0 Å². The topological polar surface area (TPSA) is 35.6 Å². The van der Waals surface area contributed by atoms with Crippen LogP contribution in [0.5, 0.6) is 0 Å². The van der Waals surface area contributed by atoms with Gasteiger partial charge in [0, 0.05) is 39.3 Å². The van der Waals surface area contributed by atoms with Crippen molar-refractivity contribution in [3.63, 3.8) is 0 Å². The van der Waals surface area contributed by atoms with Crippen LogP contribution in [-0.2, 0) is 4.79 Å². The Morgan fingerprint density at radius 3 is 2.26 bits per heavy atom. The largest absolute Gasteiger partial charge is 0.341 e. The van der Waals surface area contributed by atoms with Gasteiger partial charge >= 0.3 is 0 Å². The van der Waals surface area contributed by atoms with E-state index in [0.29, 0.717) is 5.91 Å². The molecule has 0 radical (unpaired) electrons. The van der Waals surface area contributed by atoms with Gasteiger partial charge in [0.05, 0.1) is 5.54 Å².